The number of carbonyl (C=O) groups is 2. The van der Waals surface area contributed by atoms with Crippen molar-refractivity contribution in [1.82, 2.24) is 10.2 Å². The van der Waals surface area contributed by atoms with E-state index in [1.165, 1.54) is 6.07 Å². The third-order valence-corrected chi connectivity index (χ3v) is 4.97. The number of benzene rings is 1. The van der Waals surface area contributed by atoms with E-state index in [1.807, 2.05) is 0 Å². The van der Waals surface area contributed by atoms with Crippen LogP contribution in [0.3, 0.4) is 0 Å². The Morgan fingerprint density at radius 1 is 1.33 bits per heavy atom. The van der Waals surface area contributed by atoms with Gasteiger partial charge in [-0.05, 0) is 55.7 Å². The van der Waals surface area contributed by atoms with E-state index in [9.17, 15) is 14.0 Å². The lowest BCUT2D eigenvalue weighted by Crippen LogP contribution is -2.48. The molecule has 0 spiro atoms. The zero-order valence-corrected chi connectivity index (χ0v) is 13.8. The Morgan fingerprint density at radius 2 is 2.08 bits per heavy atom. The number of hydrogen-bond donors (Lipinski definition) is 2. The average molecular weight is 334 g/mol. The summed E-state index contributed by atoms with van der Waals surface area (Å²) in [6, 6.07) is 4.59. The summed E-state index contributed by atoms with van der Waals surface area (Å²) in [5.41, 5.74) is 1.48. The van der Waals surface area contributed by atoms with Gasteiger partial charge in [0.2, 0.25) is 0 Å². The maximum absolute atomic E-state index is 13.5. The summed E-state index contributed by atoms with van der Waals surface area (Å²) < 4.78 is 13.5. The Morgan fingerprint density at radius 3 is 2.71 bits per heavy atom. The zero-order valence-electron chi connectivity index (χ0n) is 13.8. The fourth-order valence-corrected chi connectivity index (χ4v) is 3.35. The molecule has 1 aromatic carbocycles. The van der Waals surface area contributed by atoms with Crippen LogP contribution in [0.1, 0.15) is 42.9 Å². The summed E-state index contributed by atoms with van der Waals surface area (Å²) in [7, 11) is 0. The molecule has 2 amide bonds. The molecule has 0 bridgehead atoms. The number of nitrogens with zero attached hydrogens (tertiary/aromatic N) is 1. The molecule has 0 aromatic heterocycles. The normalized spacial score (nSPS) is 22.1. The number of piperidine rings is 1. The van der Waals surface area contributed by atoms with Gasteiger partial charge in [-0.15, -0.1) is 0 Å². The minimum absolute atomic E-state index is 0.137. The molecule has 0 radical (unpaired) electrons. The fourth-order valence-electron chi connectivity index (χ4n) is 3.35. The predicted molar refractivity (Wildman–Crippen MR) is 87.1 cm³/mol. The Hall–Kier alpha value is -2.11. The molecule has 6 heteroatoms. The highest BCUT2D eigenvalue weighted by molar-refractivity contribution is 5.77. The standard InChI is InChI=1S/C18H23FN2O3/c1-11-9-13(6-7-15(11)19)16(12-4-5-12)20-18(24)21-8-2-3-14(10-21)17(22)23/h6-7,9,12,14,16H,2-5,8,10H2,1H3,(H,20,24)(H,22,23). The monoisotopic (exact) mass is 334 g/mol. The first kappa shape index (κ1) is 16.7. The third kappa shape index (κ3) is 3.68. The SMILES string of the molecule is Cc1cc(C(NC(=O)N2CCCC(C(=O)O)C2)C2CC2)ccc1F. The van der Waals surface area contributed by atoms with Crippen LogP contribution in [0.5, 0.6) is 0 Å². The summed E-state index contributed by atoms with van der Waals surface area (Å²) in [5.74, 6) is -1.21. The lowest BCUT2D eigenvalue weighted by Gasteiger charge is -2.32. The fraction of sp³-hybridized carbons (Fsp3) is 0.556. The van der Waals surface area contributed by atoms with Crippen molar-refractivity contribution in [3.63, 3.8) is 0 Å². The third-order valence-electron chi connectivity index (χ3n) is 4.97. The van der Waals surface area contributed by atoms with Crippen molar-refractivity contribution in [3.8, 4) is 0 Å². The van der Waals surface area contributed by atoms with E-state index in [-0.39, 0.29) is 24.4 Å². The maximum atomic E-state index is 13.5. The molecule has 2 aliphatic rings. The molecule has 3 rings (SSSR count). The zero-order chi connectivity index (χ0) is 17.3. The van der Waals surface area contributed by atoms with Crippen LogP contribution >= 0.6 is 0 Å². The summed E-state index contributed by atoms with van der Waals surface area (Å²) in [6.45, 7) is 2.54. The van der Waals surface area contributed by atoms with Crippen molar-refractivity contribution in [2.24, 2.45) is 11.8 Å². The number of hydrogen-bond acceptors (Lipinski definition) is 2. The molecule has 2 fully saturated rings. The van der Waals surface area contributed by atoms with Gasteiger partial charge in [-0.1, -0.05) is 12.1 Å². The van der Waals surface area contributed by atoms with Gasteiger partial charge in [0.25, 0.3) is 0 Å². The Kier molecular flexibility index (Phi) is 4.73. The molecule has 2 unspecified atom stereocenters. The Balaban J connectivity index is 1.70. The minimum atomic E-state index is -0.847. The second-order valence-corrected chi connectivity index (χ2v) is 6.90. The van der Waals surface area contributed by atoms with Crippen molar-refractivity contribution >= 4 is 12.0 Å². The Bertz CT molecular complexity index is 645. The first-order valence-corrected chi connectivity index (χ1v) is 8.50. The van der Waals surface area contributed by atoms with Crippen molar-refractivity contribution in [3.05, 3.63) is 35.1 Å². The van der Waals surface area contributed by atoms with E-state index in [4.69, 9.17) is 5.11 Å². The number of rotatable bonds is 4. The van der Waals surface area contributed by atoms with Gasteiger partial charge in [-0.2, -0.15) is 0 Å². The van der Waals surface area contributed by atoms with Gasteiger partial charge >= 0.3 is 12.0 Å². The molecule has 1 saturated carbocycles. The van der Waals surface area contributed by atoms with Gasteiger partial charge < -0.3 is 15.3 Å². The van der Waals surface area contributed by atoms with Gasteiger partial charge in [-0.3, -0.25) is 4.79 Å². The van der Waals surface area contributed by atoms with Gasteiger partial charge in [0.15, 0.2) is 0 Å². The summed E-state index contributed by atoms with van der Waals surface area (Å²) in [4.78, 5) is 25.3. The smallest absolute Gasteiger partial charge is 0.317 e. The Labute approximate surface area is 140 Å². The molecule has 1 aliphatic carbocycles. The van der Waals surface area contributed by atoms with Crippen molar-refractivity contribution in [2.45, 2.75) is 38.6 Å². The van der Waals surface area contributed by atoms with Gasteiger partial charge in [0, 0.05) is 13.1 Å². The molecule has 1 aliphatic heterocycles. The lowest BCUT2D eigenvalue weighted by molar-refractivity contribution is -0.143. The van der Waals surface area contributed by atoms with Crippen LogP contribution < -0.4 is 5.32 Å². The van der Waals surface area contributed by atoms with Crippen molar-refractivity contribution in [2.75, 3.05) is 13.1 Å². The van der Waals surface area contributed by atoms with Gasteiger partial charge in [-0.25, -0.2) is 9.18 Å². The second kappa shape index (κ2) is 6.79. The number of likely N-dealkylation sites (tertiary alicyclic amines) is 1. The van der Waals surface area contributed by atoms with Crippen LogP contribution in [-0.2, 0) is 4.79 Å². The molecule has 1 saturated heterocycles. The minimum Gasteiger partial charge on any atom is -0.481 e. The van der Waals surface area contributed by atoms with Crippen molar-refractivity contribution in [1.29, 1.82) is 0 Å². The number of carbonyl (C=O) groups excluding carboxylic acids is 1. The lowest BCUT2D eigenvalue weighted by atomic mass is 9.98. The van der Waals surface area contributed by atoms with Gasteiger partial charge in [0.05, 0.1) is 12.0 Å². The summed E-state index contributed by atoms with van der Waals surface area (Å²) >= 11 is 0. The molecule has 1 aromatic rings. The molecular formula is C18H23FN2O3. The van der Waals surface area contributed by atoms with E-state index in [0.717, 1.165) is 18.4 Å². The second-order valence-electron chi connectivity index (χ2n) is 6.90. The first-order valence-electron chi connectivity index (χ1n) is 8.50. The molecule has 1 heterocycles. The average Bonchev–Trinajstić information content (AvgIpc) is 3.40. The number of carboxylic acids is 1. The van der Waals surface area contributed by atoms with E-state index in [0.29, 0.717) is 30.9 Å². The molecular weight excluding hydrogens is 311 g/mol. The van der Waals surface area contributed by atoms with Crippen LogP contribution in [0.4, 0.5) is 9.18 Å². The summed E-state index contributed by atoms with van der Waals surface area (Å²) in [5, 5.41) is 12.2. The van der Waals surface area contributed by atoms with Gasteiger partial charge in [0.1, 0.15) is 5.82 Å². The van der Waals surface area contributed by atoms with Crippen LogP contribution in [0.2, 0.25) is 0 Å². The number of aryl methyl sites for hydroxylation is 1. The first-order chi connectivity index (χ1) is 11.5. The summed E-state index contributed by atoms with van der Waals surface area (Å²) in [6.07, 6.45) is 3.40. The number of nitrogens with one attached hydrogen (secondary N) is 1. The molecule has 5 nitrogen and oxygen atoms in total. The van der Waals surface area contributed by atoms with Crippen LogP contribution in [0, 0.1) is 24.6 Å². The predicted octanol–water partition coefficient (Wildman–Crippen LogP) is 3.09. The van der Waals surface area contributed by atoms with Crippen molar-refractivity contribution < 1.29 is 19.1 Å². The number of carboxylic acid groups (broad SMARTS) is 1. The van der Waals surface area contributed by atoms with E-state index >= 15 is 0 Å². The van der Waals surface area contributed by atoms with E-state index in [1.54, 1.807) is 24.0 Å². The van der Waals surface area contributed by atoms with Crippen LogP contribution in [0.15, 0.2) is 18.2 Å². The number of halogens is 1. The molecule has 130 valence electrons. The highest BCUT2D eigenvalue weighted by atomic mass is 19.1. The number of amides is 2. The quantitative estimate of drug-likeness (QED) is 0.889. The topological polar surface area (TPSA) is 69.6 Å². The number of urea groups is 1. The highest BCUT2D eigenvalue weighted by Gasteiger charge is 2.36. The highest BCUT2D eigenvalue weighted by Crippen LogP contribution is 2.41. The largest absolute Gasteiger partial charge is 0.481 e. The number of aliphatic carboxylic acids is 1. The molecule has 2 atom stereocenters. The van der Waals surface area contributed by atoms with Crippen LogP contribution in [0.25, 0.3) is 0 Å². The molecule has 2 N–H and O–H groups in total. The van der Waals surface area contributed by atoms with E-state index in [2.05, 4.69) is 5.32 Å². The van der Waals surface area contributed by atoms with E-state index < -0.39 is 11.9 Å². The maximum Gasteiger partial charge on any atom is 0.317 e. The van der Waals surface area contributed by atoms with Crippen LogP contribution in [-0.4, -0.2) is 35.1 Å². The molecule has 24 heavy (non-hydrogen) atoms.